The Hall–Kier alpha value is -1.88. The van der Waals surface area contributed by atoms with E-state index in [2.05, 4.69) is 22.4 Å². The molecule has 0 aliphatic heterocycles. The topological polar surface area (TPSA) is 59.8 Å². The summed E-state index contributed by atoms with van der Waals surface area (Å²) in [6.07, 6.45) is 3.21. The predicted molar refractivity (Wildman–Crippen MR) is 83.0 cm³/mol. The second-order valence-corrected chi connectivity index (χ2v) is 5.30. The molecule has 0 saturated heterocycles. The van der Waals surface area contributed by atoms with Gasteiger partial charge < -0.3 is 5.32 Å². The average Bonchev–Trinajstić information content (AvgIpc) is 2.85. The highest BCUT2D eigenvalue weighted by Crippen LogP contribution is 2.14. The molecular weight excluding hydrogens is 288 g/mol. The Morgan fingerprint density at radius 3 is 2.86 bits per heavy atom. The predicted octanol–water partition coefficient (Wildman–Crippen LogP) is 3.15. The van der Waals surface area contributed by atoms with E-state index in [4.69, 9.17) is 11.6 Å². The van der Waals surface area contributed by atoms with E-state index in [-0.39, 0.29) is 5.91 Å². The fraction of sp³-hybridized carbons (Fsp3) is 0.400. The Labute approximate surface area is 129 Å². The molecule has 5 nitrogen and oxygen atoms in total. The third-order valence-electron chi connectivity index (χ3n) is 3.10. The number of halogens is 1. The summed E-state index contributed by atoms with van der Waals surface area (Å²) >= 11 is 5.95. The van der Waals surface area contributed by atoms with Gasteiger partial charge in [-0.25, -0.2) is 0 Å². The number of aromatic nitrogens is 3. The number of aryl methyl sites for hydroxylation is 1. The van der Waals surface area contributed by atoms with E-state index < -0.39 is 0 Å². The number of amides is 1. The number of nitrogens with one attached hydrogen (secondary N) is 1. The quantitative estimate of drug-likeness (QED) is 0.834. The number of carbonyl (C=O) groups excluding carboxylic acids is 1. The van der Waals surface area contributed by atoms with Crippen molar-refractivity contribution >= 4 is 17.5 Å². The van der Waals surface area contributed by atoms with Gasteiger partial charge in [-0.3, -0.25) is 4.79 Å². The Balaban J connectivity index is 2.10. The van der Waals surface area contributed by atoms with E-state index in [0.29, 0.717) is 23.0 Å². The molecule has 1 aromatic heterocycles. The molecule has 2 rings (SSSR count). The second kappa shape index (κ2) is 7.22. The van der Waals surface area contributed by atoms with Crippen molar-refractivity contribution in [3.05, 3.63) is 40.7 Å². The lowest BCUT2D eigenvalue weighted by molar-refractivity contribution is 0.0947. The molecule has 1 aromatic carbocycles. The molecular formula is C15H19ClN4O. The van der Waals surface area contributed by atoms with Crippen molar-refractivity contribution < 1.29 is 4.79 Å². The lowest BCUT2D eigenvalue weighted by Crippen LogP contribution is -2.25. The van der Waals surface area contributed by atoms with E-state index in [9.17, 15) is 4.79 Å². The first-order chi connectivity index (χ1) is 10.1. The van der Waals surface area contributed by atoms with Gasteiger partial charge in [-0.1, -0.05) is 37.4 Å². The van der Waals surface area contributed by atoms with Crippen LogP contribution < -0.4 is 5.32 Å². The van der Waals surface area contributed by atoms with Crippen molar-refractivity contribution in [3.63, 3.8) is 0 Å². The highest BCUT2D eigenvalue weighted by Gasteiger charge is 2.15. The van der Waals surface area contributed by atoms with Gasteiger partial charge in [-0.05, 0) is 31.5 Å². The van der Waals surface area contributed by atoms with Gasteiger partial charge >= 0.3 is 0 Å². The van der Waals surface area contributed by atoms with Crippen LogP contribution in [0.15, 0.2) is 24.3 Å². The van der Waals surface area contributed by atoms with Gasteiger partial charge in [0.15, 0.2) is 5.69 Å². The third kappa shape index (κ3) is 4.04. The SMILES string of the molecule is CCCCCNC(=O)c1nn(-c2cccc(Cl)c2)nc1C. The number of nitrogens with zero attached hydrogens (tertiary/aromatic N) is 3. The van der Waals surface area contributed by atoms with E-state index in [1.165, 1.54) is 4.80 Å². The Morgan fingerprint density at radius 1 is 1.33 bits per heavy atom. The van der Waals surface area contributed by atoms with Gasteiger partial charge in [0.05, 0.1) is 11.4 Å². The smallest absolute Gasteiger partial charge is 0.273 e. The van der Waals surface area contributed by atoms with Gasteiger partial charge in [0.2, 0.25) is 0 Å². The molecule has 0 radical (unpaired) electrons. The summed E-state index contributed by atoms with van der Waals surface area (Å²) < 4.78 is 0. The molecule has 0 saturated carbocycles. The summed E-state index contributed by atoms with van der Waals surface area (Å²) in [5, 5.41) is 12.0. The molecule has 2 aromatic rings. The van der Waals surface area contributed by atoms with Crippen LogP contribution in [-0.2, 0) is 0 Å². The summed E-state index contributed by atoms with van der Waals surface area (Å²) in [5.74, 6) is -0.183. The van der Waals surface area contributed by atoms with Gasteiger partial charge in [-0.2, -0.15) is 9.90 Å². The normalized spacial score (nSPS) is 10.6. The maximum absolute atomic E-state index is 12.1. The molecule has 1 N–H and O–H groups in total. The van der Waals surface area contributed by atoms with Crippen LogP contribution in [0.2, 0.25) is 5.02 Å². The highest BCUT2D eigenvalue weighted by atomic mass is 35.5. The lowest BCUT2D eigenvalue weighted by Gasteiger charge is -2.02. The largest absolute Gasteiger partial charge is 0.351 e. The fourth-order valence-corrected chi connectivity index (χ4v) is 2.15. The number of hydrogen-bond acceptors (Lipinski definition) is 3. The summed E-state index contributed by atoms with van der Waals surface area (Å²) in [6, 6.07) is 7.20. The molecule has 112 valence electrons. The van der Waals surface area contributed by atoms with Crippen LogP contribution in [0, 0.1) is 6.92 Å². The number of rotatable bonds is 6. The molecule has 0 aliphatic rings. The van der Waals surface area contributed by atoms with Crippen LogP contribution in [0.1, 0.15) is 42.4 Å². The number of hydrogen-bond donors (Lipinski definition) is 1. The fourth-order valence-electron chi connectivity index (χ4n) is 1.97. The lowest BCUT2D eigenvalue weighted by atomic mass is 10.2. The zero-order valence-electron chi connectivity index (χ0n) is 12.3. The third-order valence-corrected chi connectivity index (χ3v) is 3.34. The van der Waals surface area contributed by atoms with Gasteiger partial charge in [0.25, 0.3) is 5.91 Å². The summed E-state index contributed by atoms with van der Waals surface area (Å²) in [5.41, 5.74) is 1.69. The molecule has 1 heterocycles. The van der Waals surface area contributed by atoms with Crippen molar-refractivity contribution in [1.82, 2.24) is 20.3 Å². The molecule has 0 bridgehead atoms. The number of carbonyl (C=O) groups is 1. The maximum Gasteiger partial charge on any atom is 0.273 e. The van der Waals surface area contributed by atoms with Crippen molar-refractivity contribution in [2.75, 3.05) is 6.54 Å². The van der Waals surface area contributed by atoms with E-state index in [1.54, 1.807) is 19.1 Å². The molecule has 0 unspecified atom stereocenters. The van der Waals surface area contributed by atoms with Crippen LogP contribution >= 0.6 is 11.6 Å². The minimum absolute atomic E-state index is 0.183. The van der Waals surface area contributed by atoms with Gasteiger partial charge in [-0.15, -0.1) is 5.10 Å². The standard InChI is InChI=1S/C15H19ClN4O/c1-3-4-5-9-17-15(21)14-11(2)18-20(19-14)13-8-6-7-12(16)10-13/h6-8,10H,3-5,9H2,1-2H3,(H,17,21). The molecule has 0 spiro atoms. The summed E-state index contributed by atoms with van der Waals surface area (Å²) in [6.45, 7) is 4.56. The first-order valence-electron chi connectivity index (χ1n) is 7.10. The first kappa shape index (κ1) is 15.5. The van der Waals surface area contributed by atoms with Crippen molar-refractivity contribution in [2.45, 2.75) is 33.1 Å². The number of benzene rings is 1. The summed E-state index contributed by atoms with van der Waals surface area (Å²) in [4.78, 5) is 13.5. The molecule has 0 aliphatic carbocycles. The molecule has 0 fully saturated rings. The second-order valence-electron chi connectivity index (χ2n) is 4.87. The van der Waals surface area contributed by atoms with Crippen LogP contribution in [0.25, 0.3) is 5.69 Å². The maximum atomic E-state index is 12.1. The van der Waals surface area contributed by atoms with Crippen molar-refractivity contribution in [1.29, 1.82) is 0 Å². The Kier molecular flexibility index (Phi) is 5.33. The summed E-state index contributed by atoms with van der Waals surface area (Å²) in [7, 11) is 0. The van der Waals surface area contributed by atoms with Crippen molar-refractivity contribution in [2.24, 2.45) is 0 Å². The zero-order valence-corrected chi connectivity index (χ0v) is 13.0. The van der Waals surface area contributed by atoms with Crippen LogP contribution in [0.4, 0.5) is 0 Å². The van der Waals surface area contributed by atoms with Gasteiger partial charge in [0.1, 0.15) is 0 Å². The number of unbranched alkanes of at least 4 members (excludes halogenated alkanes) is 2. The van der Waals surface area contributed by atoms with Crippen LogP contribution in [0.5, 0.6) is 0 Å². The first-order valence-corrected chi connectivity index (χ1v) is 7.47. The van der Waals surface area contributed by atoms with Crippen LogP contribution in [0.3, 0.4) is 0 Å². The molecule has 1 amide bonds. The Bertz CT molecular complexity index is 624. The zero-order chi connectivity index (χ0) is 15.2. The highest BCUT2D eigenvalue weighted by molar-refractivity contribution is 6.30. The molecule has 0 atom stereocenters. The molecule has 6 heteroatoms. The Morgan fingerprint density at radius 2 is 2.14 bits per heavy atom. The minimum Gasteiger partial charge on any atom is -0.351 e. The van der Waals surface area contributed by atoms with E-state index in [1.807, 2.05) is 12.1 Å². The van der Waals surface area contributed by atoms with E-state index >= 15 is 0 Å². The average molecular weight is 307 g/mol. The van der Waals surface area contributed by atoms with Crippen LogP contribution in [-0.4, -0.2) is 27.4 Å². The van der Waals surface area contributed by atoms with E-state index in [0.717, 1.165) is 24.9 Å². The van der Waals surface area contributed by atoms with Gasteiger partial charge in [0, 0.05) is 11.6 Å². The molecule has 21 heavy (non-hydrogen) atoms. The van der Waals surface area contributed by atoms with Crippen molar-refractivity contribution in [3.8, 4) is 5.69 Å². The minimum atomic E-state index is -0.183. The monoisotopic (exact) mass is 306 g/mol.